The summed E-state index contributed by atoms with van der Waals surface area (Å²) < 4.78 is 1.26. The minimum atomic E-state index is -0.558. The van der Waals surface area contributed by atoms with Crippen molar-refractivity contribution in [3.05, 3.63) is 33.0 Å². The number of nitrogens with zero attached hydrogens (tertiary/aromatic N) is 3. The highest BCUT2D eigenvalue weighted by Gasteiger charge is 2.09. The van der Waals surface area contributed by atoms with E-state index in [0.29, 0.717) is 19.1 Å². The van der Waals surface area contributed by atoms with Gasteiger partial charge in [0.25, 0.3) is 0 Å². The van der Waals surface area contributed by atoms with Crippen LogP contribution in [0.5, 0.6) is 0 Å². The van der Waals surface area contributed by atoms with Crippen molar-refractivity contribution >= 4 is 5.69 Å². The van der Waals surface area contributed by atoms with Crippen LogP contribution < -0.4 is 11.0 Å². The fourth-order valence-corrected chi connectivity index (χ4v) is 1.66. The second-order valence-electron chi connectivity index (χ2n) is 4.01. The molecular formula is C11H18N4O3. The van der Waals surface area contributed by atoms with Gasteiger partial charge < -0.3 is 5.32 Å². The van der Waals surface area contributed by atoms with Gasteiger partial charge in [-0.3, -0.25) is 14.7 Å². The largest absolute Gasteiger partial charge is 0.348 e. The van der Waals surface area contributed by atoms with Crippen LogP contribution in [0.1, 0.15) is 26.7 Å². The second kappa shape index (κ2) is 6.85. The van der Waals surface area contributed by atoms with Crippen LogP contribution in [-0.4, -0.2) is 27.1 Å². The third-order valence-electron chi connectivity index (χ3n) is 2.82. The Kier molecular flexibility index (Phi) is 5.44. The summed E-state index contributed by atoms with van der Waals surface area (Å²) in [6.45, 7) is 5.14. The van der Waals surface area contributed by atoms with Crippen LogP contribution in [-0.2, 0) is 6.54 Å². The van der Waals surface area contributed by atoms with E-state index in [0.717, 1.165) is 19.0 Å². The van der Waals surface area contributed by atoms with E-state index in [9.17, 15) is 14.9 Å². The lowest BCUT2D eigenvalue weighted by molar-refractivity contribution is -0.385. The topological polar surface area (TPSA) is 90.1 Å². The summed E-state index contributed by atoms with van der Waals surface area (Å²) in [4.78, 5) is 24.9. The maximum Gasteiger partial charge on any atom is 0.348 e. The van der Waals surface area contributed by atoms with Crippen molar-refractivity contribution in [2.45, 2.75) is 39.3 Å². The first-order valence-electron chi connectivity index (χ1n) is 6.02. The van der Waals surface area contributed by atoms with Gasteiger partial charge in [0.1, 0.15) is 6.20 Å². The molecule has 0 fully saturated rings. The Bertz CT molecular complexity index is 454. The van der Waals surface area contributed by atoms with Crippen LogP contribution in [0.4, 0.5) is 5.69 Å². The van der Waals surface area contributed by atoms with E-state index in [4.69, 9.17) is 0 Å². The molecule has 0 aromatic carbocycles. The van der Waals surface area contributed by atoms with Gasteiger partial charge in [-0.2, -0.15) is 4.98 Å². The van der Waals surface area contributed by atoms with E-state index < -0.39 is 10.6 Å². The van der Waals surface area contributed by atoms with Gasteiger partial charge in [-0.1, -0.05) is 13.8 Å². The number of nitro groups is 1. The van der Waals surface area contributed by atoms with Crippen molar-refractivity contribution in [2.75, 3.05) is 6.54 Å². The number of rotatable bonds is 7. The predicted molar refractivity (Wildman–Crippen MR) is 67.5 cm³/mol. The van der Waals surface area contributed by atoms with Gasteiger partial charge in [0.15, 0.2) is 0 Å². The molecule has 0 saturated heterocycles. The van der Waals surface area contributed by atoms with Crippen molar-refractivity contribution in [3.8, 4) is 0 Å². The monoisotopic (exact) mass is 254 g/mol. The fourth-order valence-electron chi connectivity index (χ4n) is 1.66. The lowest BCUT2D eigenvalue weighted by atomic mass is 10.2. The van der Waals surface area contributed by atoms with Gasteiger partial charge in [-0.15, -0.1) is 0 Å². The molecule has 100 valence electrons. The molecule has 1 aromatic heterocycles. The number of aromatic nitrogens is 2. The number of hydrogen-bond donors (Lipinski definition) is 1. The third kappa shape index (κ3) is 3.92. The van der Waals surface area contributed by atoms with Crippen LogP contribution in [0.25, 0.3) is 0 Å². The molecule has 0 bridgehead atoms. The van der Waals surface area contributed by atoms with Crippen molar-refractivity contribution in [3.63, 3.8) is 0 Å². The van der Waals surface area contributed by atoms with E-state index in [1.54, 1.807) is 0 Å². The Hall–Kier alpha value is -1.76. The zero-order chi connectivity index (χ0) is 13.5. The molecule has 1 heterocycles. The van der Waals surface area contributed by atoms with Crippen LogP contribution in [0.2, 0.25) is 0 Å². The Morgan fingerprint density at radius 2 is 2.17 bits per heavy atom. The highest BCUT2D eigenvalue weighted by Crippen LogP contribution is 2.04. The smallest absolute Gasteiger partial charge is 0.312 e. The summed E-state index contributed by atoms with van der Waals surface area (Å²) in [6.07, 6.45) is 4.23. The molecular weight excluding hydrogens is 236 g/mol. The summed E-state index contributed by atoms with van der Waals surface area (Å²) >= 11 is 0. The minimum absolute atomic E-state index is 0.169. The highest BCUT2D eigenvalue weighted by atomic mass is 16.6. The zero-order valence-corrected chi connectivity index (χ0v) is 10.6. The minimum Gasteiger partial charge on any atom is -0.312 e. The van der Waals surface area contributed by atoms with Crippen LogP contribution in [0.15, 0.2) is 17.2 Å². The Labute approximate surface area is 105 Å². The average Bonchev–Trinajstić information content (AvgIpc) is 2.36. The molecule has 1 rings (SSSR count). The van der Waals surface area contributed by atoms with Gasteiger partial charge in [0, 0.05) is 19.1 Å². The van der Waals surface area contributed by atoms with E-state index in [2.05, 4.69) is 24.1 Å². The Morgan fingerprint density at radius 3 is 2.72 bits per heavy atom. The van der Waals surface area contributed by atoms with Crippen LogP contribution in [0, 0.1) is 10.1 Å². The van der Waals surface area contributed by atoms with Gasteiger partial charge in [-0.05, 0) is 12.8 Å². The molecule has 0 aliphatic carbocycles. The summed E-state index contributed by atoms with van der Waals surface area (Å²) in [7, 11) is 0. The lowest BCUT2D eigenvalue weighted by Crippen LogP contribution is -2.33. The molecule has 1 N–H and O–H groups in total. The van der Waals surface area contributed by atoms with Crippen molar-refractivity contribution in [2.24, 2.45) is 0 Å². The fraction of sp³-hybridized carbons (Fsp3) is 0.636. The van der Waals surface area contributed by atoms with E-state index >= 15 is 0 Å². The van der Waals surface area contributed by atoms with Gasteiger partial charge >= 0.3 is 11.4 Å². The number of hydrogen-bond acceptors (Lipinski definition) is 5. The molecule has 18 heavy (non-hydrogen) atoms. The first-order chi connectivity index (χ1) is 8.58. The van der Waals surface area contributed by atoms with E-state index in [-0.39, 0.29) is 5.69 Å². The summed E-state index contributed by atoms with van der Waals surface area (Å²) in [5, 5.41) is 13.9. The molecule has 0 aliphatic rings. The molecule has 0 atom stereocenters. The summed E-state index contributed by atoms with van der Waals surface area (Å²) in [6, 6.07) is 0.410. The first-order valence-corrected chi connectivity index (χ1v) is 6.02. The van der Waals surface area contributed by atoms with Crippen LogP contribution >= 0.6 is 0 Å². The summed E-state index contributed by atoms with van der Waals surface area (Å²) in [5.41, 5.74) is -0.635. The molecule has 1 aromatic rings. The van der Waals surface area contributed by atoms with E-state index in [1.807, 2.05) is 0 Å². The molecule has 0 radical (unpaired) electrons. The molecule has 0 aliphatic heterocycles. The molecule has 0 unspecified atom stereocenters. The molecule has 0 spiro atoms. The van der Waals surface area contributed by atoms with Crippen LogP contribution in [0.3, 0.4) is 0 Å². The molecule has 7 nitrogen and oxygen atoms in total. The normalized spacial score (nSPS) is 10.8. The van der Waals surface area contributed by atoms with Gasteiger partial charge in [0.2, 0.25) is 0 Å². The zero-order valence-electron chi connectivity index (χ0n) is 10.6. The number of nitrogens with one attached hydrogen (secondary N) is 1. The maximum absolute atomic E-state index is 11.4. The second-order valence-corrected chi connectivity index (χ2v) is 4.01. The molecule has 0 saturated carbocycles. The molecule has 7 heteroatoms. The maximum atomic E-state index is 11.4. The lowest BCUT2D eigenvalue weighted by Gasteiger charge is -2.14. The highest BCUT2D eigenvalue weighted by molar-refractivity contribution is 5.20. The van der Waals surface area contributed by atoms with Gasteiger partial charge in [-0.25, -0.2) is 4.79 Å². The summed E-state index contributed by atoms with van der Waals surface area (Å²) in [5.74, 6) is 0. The van der Waals surface area contributed by atoms with E-state index in [1.165, 1.54) is 10.8 Å². The SMILES string of the molecule is CCC(CC)NCCn1cc([N+](=O)[O-])cnc1=O. The predicted octanol–water partition coefficient (Wildman–Crippen LogP) is 0.930. The average molecular weight is 254 g/mol. The Balaban J connectivity index is 2.64. The third-order valence-corrected chi connectivity index (χ3v) is 2.82. The first kappa shape index (κ1) is 14.3. The standard InChI is InChI=1S/C11H18N4O3/c1-3-9(4-2)12-5-6-14-8-10(15(17)18)7-13-11(14)16/h7-9,12H,3-6H2,1-2H3. The molecule has 0 amide bonds. The van der Waals surface area contributed by atoms with Gasteiger partial charge in [0.05, 0.1) is 11.1 Å². The van der Waals surface area contributed by atoms with Crippen molar-refractivity contribution in [1.82, 2.24) is 14.9 Å². The van der Waals surface area contributed by atoms with Crippen molar-refractivity contribution < 1.29 is 4.92 Å². The quantitative estimate of drug-likeness (QED) is 0.577. The van der Waals surface area contributed by atoms with Crippen molar-refractivity contribution in [1.29, 1.82) is 0 Å². The Morgan fingerprint density at radius 1 is 1.50 bits per heavy atom.